The van der Waals surface area contributed by atoms with Gasteiger partial charge in [0.1, 0.15) is 19.3 Å². The minimum Gasteiger partial charge on any atom is -0.441 e. The van der Waals surface area contributed by atoms with Gasteiger partial charge in [0.25, 0.3) is 10.2 Å². The van der Waals surface area contributed by atoms with Crippen molar-refractivity contribution < 1.29 is 72.9 Å². The Balaban J connectivity index is 1.26. The van der Waals surface area contributed by atoms with Crippen LogP contribution in [0.15, 0.2) is 23.8 Å². The first-order valence-corrected chi connectivity index (χ1v) is 15.4. The predicted molar refractivity (Wildman–Crippen MR) is 156 cm³/mol. The second-order valence-corrected chi connectivity index (χ2v) is 12.9. The van der Waals surface area contributed by atoms with Gasteiger partial charge >= 0.3 is 12.2 Å². The summed E-state index contributed by atoms with van der Waals surface area (Å²) in [5.41, 5.74) is -7.02. The normalized spacial score (nSPS) is 35.0. The number of Topliss-reactive ketones (excluding diaryl/α,β-unsaturated/α-hetero) is 1. The van der Waals surface area contributed by atoms with E-state index >= 15 is 4.39 Å². The summed E-state index contributed by atoms with van der Waals surface area (Å²) in [6, 6.07) is 0. The van der Waals surface area contributed by atoms with Gasteiger partial charge in [-0.25, -0.2) is 14.0 Å². The van der Waals surface area contributed by atoms with Crippen LogP contribution in [0.25, 0.3) is 0 Å². The summed E-state index contributed by atoms with van der Waals surface area (Å²) >= 11 is 0. The molecule has 0 spiro atoms. The lowest BCUT2D eigenvalue weighted by Crippen LogP contribution is -2.69. The van der Waals surface area contributed by atoms with Gasteiger partial charge in [-0.2, -0.15) is 0 Å². The zero-order valence-electron chi connectivity index (χ0n) is 26.6. The number of fused-ring (bicyclic) bond motifs is 5. The van der Waals surface area contributed by atoms with Crippen LogP contribution in [0, 0.1) is 42.9 Å². The molecule has 0 saturated heterocycles. The van der Waals surface area contributed by atoms with E-state index < -0.39 is 113 Å². The Hall–Kier alpha value is -4.43. The van der Waals surface area contributed by atoms with Crippen molar-refractivity contribution in [3.05, 3.63) is 44.0 Å². The fourth-order valence-corrected chi connectivity index (χ4v) is 8.06. The summed E-state index contributed by atoms with van der Waals surface area (Å²) in [4.78, 5) is 78.2. The summed E-state index contributed by atoms with van der Waals surface area (Å²) < 4.78 is 31.5. The van der Waals surface area contributed by atoms with Crippen molar-refractivity contribution in [2.45, 2.75) is 75.5 Å². The Kier molecular flexibility index (Phi) is 10.8. The Bertz CT molecular complexity index is 1430. The average molecular weight is 704 g/mol. The molecule has 0 heterocycles. The molecule has 19 nitrogen and oxygen atoms in total. The summed E-state index contributed by atoms with van der Waals surface area (Å²) in [5, 5.41) is 54.6. The van der Waals surface area contributed by atoms with Crippen molar-refractivity contribution in [1.29, 1.82) is 0 Å². The van der Waals surface area contributed by atoms with Gasteiger partial charge in [0, 0.05) is 23.2 Å². The molecular weight excluding hydrogens is 665 g/mol. The topological polar surface area (TPSA) is 273 Å². The highest BCUT2D eigenvalue weighted by Gasteiger charge is 2.76. The minimum absolute atomic E-state index is 0.157. The van der Waals surface area contributed by atoms with Gasteiger partial charge in [-0.1, -0.05) is 18.6 Å². The van der Waals surface area contributed by atoms with Gasteiger partial charge in [0.15, 0.2) is 23.7 Å². The van der Waals surface area contributed by atoms with Crippen LogP contribution in [-0.4, -0.2) is 112 Å². The molecule has 3 saturated carbocycles. The third-order valence-electron chi connectivity index (χ3n) is 10.5. The summed E-state index contributed by atoms with van der Waals surface area (Å²) in [5.74, 6) is -2.98. The smallest absolute Gasteiger partial charge is 0.441 e. The molecule has 49 heavy (non-hydrogen) atoms. The Morgan fingerprint density at radius 1 is 1.08 bits per heavy atom. The third kappa shape index (κ3) is 6.89. The summed E-state index contributed by atoms with van der Waals surface area (Å²) in [6.07, 6.45) is -3.42. The van der Waals surface area contributed by atoms with E-state index in [4.69, 9.17) is 9.47 Å². The number of alkyl halides is 1. The van der Waals surface area contributed by atoms with Gasteiger partial charge in [-0.3, -0.25) is 9.59 Å². The molecule has 0 aromatic rings. The number of carbonyl (C=O) groups excluding carboxylic acids is 4. The first-order chi connectivity index (χ1) is 22.9. The predicted octanol–water partition coefficient (Wildman–Crippen LogP) is 0.683. The van der Waals surface area contributed by atoms with Gasteiger partial charge in [-0.15, -0.1) is 20.2 Å². The zero-order valence-corrected chi connectivity index (χ0v) is 26.6. The second-order valence-electron chi connectivity index (χ2n) is 12.9. The van der Waals surface area contributed by atoms with Crippen LogP contribution in [-0.2, 0) is 33.5 Å². The SMILES string of the molecule is C[C@]12C=CC(=O)C=C1CC[C@H]1[C@@H]3C[C@@H](O)[C@](O)(C(=O)COC(=O)NCCOC(=O)OCCC(CO[N+](=O)[O-])O[N+](=O)[O-])[C@@]3(C)C[C@H](O)[C@@]12F. The van der Waals surface area contributed by atoms with E-state index in [1.807, 2.05) is 0 Å². The fraction of sp³-hybridized carbons (Fsp3) is 0.724. The maximum absolute atomic E-state index is 17.2. The maximum Gasteiger partial charge on any atom is 0.508 e. The number of rotatable bonds is 14. The molecule has 0 aliphatic heterocycles. The maximum atomic E-state index is 17.2. The number of nitrogens with zero attached hydrogens (tertiary/aromatic N) is 2. The summed E-state index contributed by atoms with van der Waals surface area (Å²) in [7, 11) is 0. The van der Waals surface area contributed by atoms with Gasteiger partial charge in [-0.05, 0) is 50.7 Å². The van der Waals surface area contributed by atoms with E-state index in [0.29, 0.717) is 12.0 Å². The van der Waals surface area contributed by atoms with Crippen molar-refractivity contribution >= 4 is 23.8 Å². The monoisotopic (exact) mass is 703 g/mol. The van der Waals surface area contributed by atoms with E-state index in [9.17, 15) is 54.7 Å². The molecule has 0 radical (unpaired) electrons. The number of aliphatic hydroxyl groups excluding tert-OH is 2. The van der Waals surface area contributed by atoms with Crippen molar-refractivity contribution in [3.8, 4) is 0 Å². The lowest BCUT2D eigenvalue weighted by atomic mass is 9.44. The van der Waals surface area contributed by atoms with Crippen molar-refractivity contribution in [3.63, 3.8) is 0 Å². The van der Waals surface area contributed by atoms with Crippen molar-refractivity contribution in [1.82, 2.24) is 5.32 Å². The summed E-state index contributed by atoms with van der Waals surface area (Å²) in [6.45, 7) is 0.0367. The lowest BCUT2D eigenvalue weighted by Gasteiger charge is -2.62. The average Bonchev–Trinajstić information content (AvgIpc) is 3.22. The molecule has 4 aliphatic carbocycles. The second kappa shape index (κ2) is 14.2. The largest absolute Gasteiger partial charge is 0.508 e. The van der Waals surface area contributed by atoms with Crippen LogP contribution in [0.5, 0.6) is 0 Å². The van der Waals surface area contributed by atoms with Gasteiger partial charge in [0.05, 0.1) is 25.4 Å². The van der Waals surface area contributed by atoms with Crippen LogP contribution < -0.4 is 5.32 Å². The Morgan fingerprint density at radius 2 is 1.78 bits per heavy atom. The zero-order chi connectivity index (χ0) is 36.4. The van der Waals surface area contributed by atoms with E-state index in [2.05, 4.69) is 19.7 Å². The van der Waals surface area contributed by atoms with Crippen LogP contribution in [0.1, 0.15) is 46.0 Å². The highest BCUT2D eigenvalue weighted by atomic mass is 19.1. The number of ether oxygens (including phenoxy) is 3. The van der Waals surface area contributed by atoms with Crippen molar-refractivity contribution in [2.24, 2.45) is 22.7 Å². The number of carbonyl (C=O) groups is 4. The van der Waals surface area contributed by atoms with Crippen LogP contribution in [0.2, 0.25) is 0 Å². The molecule has 9 atom stereocenters. The molecule has 20 heteroatoms. The number of halogens is 1. The van der Waals surface area contributed by atoms with E-state index in [0.717, 1.165) is 0 Å². The molecule has 4 N–H and O–H groups in total. The van der Waals surface area contributed by atoms with E-state index in [-0.39, 0.29) is 31.6 Å². The van der Waals surface area contributed by atoms with E-state index in [1.54, 1.807) is 6.92 Å². The molecule has 1 unspecified atom stereocenters. The quantitative estimate of drug-likeness (QED) is 0.0838. The lowest BCUT2D eigenvalue weighted by molar-refractivity contribution is -0.790. The molecular formula is C29H38FN3O16. The Labute approximate surface area is 277 Å². The molecule has 1 amide bonds. The number of hydrogen-bond donors (Lipinski definition) is 4. The molecule has 0 bridgehead atoms. The minimum atomic E-state index is -2.50. The molecule has 272 valence electrons. The Morgan fingerprint density at radius 3 is 2.45 bits per heavy atom. The number of alkyl carbamates (subject to hydrolysis) is 1. The highest BCUT2D eigenvalue weighted by molar-refractivity contribution is 6.01. The first kappa shape index (κ1) is 37.4. The number of aliphatic hydroxyl groups is 3. The number of hydrogen-bond acceptors (Lipinski definition) is 16. The van der Waals surface area contributed by atoms with Crippen molar-refractivity contribution in [2.75, 3.05) is 33.0 Å². The van der Waals surface area contributed by atoms with Crippen LogP contribution in [0.4, 0.5) is 14.0 Å². The van der Waals surface area contributed by atoms with Crippen LogP contribution in [0.3, 0.4) is 0 Å². The molecule has 0 aromatic heterocycles. The number of nitrogens with one attached hydrogen (secondary N) is 1. The molecule has 4 aliphatic rings. The standard InChI is InChI=1S/C29H38FN3O16/c1-26-7-5-17(34)11-16(26)3-4-19-20-12-21(35)29(40,27(20,2)13-22(36)28(19,26)30)23(37)15-47-24(38)31-8-10-46-25(39)45-9-6-18(49-33(43)44)14-48-32(41)42/h5,7,11,18-22,35-36,40H,3-4,6,8-10,12-15H2,1-2H3,(H,31,38)/t18?,19-,20-,21+,22-,26-,27-,28-,29-/m0/s1. The molecule has 0 aromatic carbocycles. The van der Waals surface area contributed by atoms with Gasteiger partial charge < -0.3 is 44.5 Å². The molecule has 4 rings (SSSR count). The first-order valence-electron chi connectivity index (χ1n) is 15.4. The van der Waals surface area contributed by atoms with E-state index in [1.165, 1.54) is 25.2 Å². The number of amides is 1. The number of allylic oxidation sites excluding steroid dienone is 4. The number of ketones is 2. The van der Waals surface area contributed by atoms with Crippen LogP contribution >= 0.6 is 0 Å². The fourth-order valence-electron chi connectivity index (χ4n) is 8.06. The highest BCUT2D eigenvalue weighted by Crippen LogP contribution is 2.69. The molecule has 3 fully saturated rings. The third-order valence-corrected chi connectivity index (χ3v) is 10.5. The van der Waals surface area contributed by atoms with Gasteiger partial charge in [0.2, 0.25) is 5.78 Å².